The van der Waals surface area contributed by atoms with E-state index >= 15 is 0 Å². The predicted octanol–water partition coefficient (Wildman–Crippen LogP) is 2.47. The molecule has 4 rings (SSSR count). The van der Waals surface area contributed by atoms with Gasteiger partial charge in [-0.15, -0.1) is 0 Å². The number of benzene rings is 2. The van der Waals surface area contributed by atoms with Crippen LogP contribution in [0.25, 0.3) is 11.1 Å². The molecule has 0 aliphatic carbocycles. The molecular weight excluding hydrogens is 357 g/mol. The predicted molar refractivity (Wildman–Crippen MR) is 94.4 cm³/mol. The number of hydrogen-bond acceptors (Lipinski definition) is 5. The summed E-state index contributed by atoms with van der Waals surface area (Å²) in [6, 6.07) is 13.0. The monoisotopic (exact) mass is 375 g/mol. The van der Waals surface area contributed by atoms with Crippen LogP contribution in [0.15, 0.2) is 57.8 Å². The Morgan fingerprint density at radius 1 is 1.00 bits per heavy atom. The molecule has 6 nitrogen and oxygen atoms in total. The molecule has 0 saturated carbocycles. The first-order valence-corrected chi connectivity index (χ1v) is 9.79. The summed E-state index contributed by atoms with van der Waals surface area (Å²) < 4.78 is 46.2. The number of nitrogens with zero attached hydrogens (tertiary/aromatic N) is 3. The Morgan fingerprint density at radius 2 is 1.69 bits per heavy atom. The van der Waals surface area contributed by atoms with Gasteiger partial charge < -0.3 is 4.42 Å². The first-order chi connectivity index (χ1) is 12.5. The van der Waals surface area contributed by atoms with E-state index in [0.717, 1.165) is 17.2 Å². The smallest absolute Gasteiger partial charge is 0.246 e. The second kappa shape index (κ2) is 6.79. The summed E-state index contributed by atoms with van der Waals surface area (Å²) in [6.45, 7) is 2.19. The van der Waals surface area contributed by atoms with Gasteiger partial charge in [-0.1, -0.05) is 24.3 Å². The summed E-state index contributed by atoms with van der Waals surface area (Å²) in [5, 5.41) is 0. The topological polar surface area (TPSA) is 66.7 Å². The Labute approximate surface area is 150 Å². The fourth-order valence-corrected chi connectivity index (χ4v) is 4.59. The van der Waals surface area contributed by atoms with Crippen LogP contribution < -0.4 is 0 Å². The number of para-hydroxylation sites is 2. The summed E-state index contributed by atoms with van der Waals surface area (Å²) in [7, 11) is -3.82. The highest BCUT2D eigenvalue weighted by molar-refractivity contribution is 7.89. The van der Waals surface area contributed by atoms with Crippen molar-refractivity contribution >= 4 is 21.1 Å². The van der Waals surface area contributed by atoms with Crippen LogP contribution in [-0.2, 0) is 16.6 Å². The van der Waals surface area contributed by atoms with Crippen LogP contribution in [0.1, 0.15) is 5.89 Å². The van der Waals surface area contributed by atoms with Crippen molar-refractivity contribution in [3.63, 3.8) is 0 Å². The van der Waals surface area contributed by atoms with Gasteiger partial charge in [-0.2, -0.15) is 4.31 Å². The number of piperazine rings is 1. The fraction of sp³-hybridized carbons (Fsp3) is 0.278. The normalized spacial score (nSPS) is 17.0. The maximum Gasteiger partial charge on any atom is 0.246 e. The van der Waals surface area contributed by atoms with Crippen molar-refractivity contribution in [1.29, 1.82) is 0 Å². The number of fused-ring (bicyclic) bond motifs is 1. The second-order valence-corrected chi connectivity index (χ2v) is 8.09. The molecule has 1 aromatic heterocycles. The van der Waals surface area contributed by atoms with Crippen molar-refractivity contribution in [3.05, 3.63) is 60.2 Å². The lowest BCUT2D eigenvalue weighted by Gasteiger charge is -2.33. The summed E-state index contributed by atoms with van der Waals surface area (Å²) in [5.41, 5.74) is 1.55. The highest BCUT2D eigenvalue weighted by Gasteiger charge is 2.30. The fourth-order valence-electron chi connectivity index (χ4n) is 3.10. The average molecular weight is 375 g/mol. The first kappa shape index (κ1) is 17.1. The van der Waals surface area contributed by atoms with Crippen LogP contribution in [0, 0.1) is 5.82 Å². The summed E-state index contributed by atoms with van der Waals surface area (Å²) in [4.78, 5) is 6.25. The van der Waals surface area contributed by atoms with Crippen LogP contribution in [0.5, 0.6) is 0 Å². The molecule has 3 aromatic rings. The van der Waals surface area contributed by atoms with Crippen molar-refractivity contribution in [3.8, 4) is 0 Å². The van der Waals surface area contributed by atoms with Crippen LogP contribution in [-0.4, -0.2) is 48.8 Å². The quantitative estimate of drug-likeness (QED) is 0.701. The van der Waals surface area contributed by atoms with Gasteiger partial charge >= 0.3 is 0 Å². The first-order valence-electron chi connectivity index (χ1n) is 8.35. The summed E-state index contributed by atoms with van der Waals surface area (Å²) >= 11 is 0. The standard InChI is InChI=1S/C18H18FN3O3S/c19-14-5-1-4-8-17(14)26(23,24)22-11-9-21(10-12-22)13-18-20-15-6-2-3-7-16(15)25-18/h1-8H,9-13H2. The van der Waals surface area contributed by atoms with Crippen molar-refractivity contribution in [2.45, 2.75) is 11.4 Å². The molecule has 0 bridgehead atoms. The molecule has 0 spiro atoms. The molecule has 2 heterocycles. The van der Waals surface area contributed by atoms with E-state index in [9.17, 15) is 12.8 Å². The molecule has 0 unspecified atom stereocenters. The lowest BCUT2D eigenvalue weighted by molar-refractivity contribution is 0.169. The molecule has 1 fully saturated rings. The third kappa shape index (κ3) is 3.23. The Morgan fingerprint density at radius 3 is 2.42 bits per heavy atom. The van der Waals surface area contributed by atoms with Gasteiger partial charge in [0.2, 0.25) is 15.9 Å². The lowest BCUT2D eigenvalue weighted by atomic mass is 10.3. The minimum Gasteiger partial charge on any atom is -0.439 e. The highest BCUT2D eigenvalue weighted by atomic mass is 32.2. The minimum atomic E-state index is -3.82. The second-order valence-electron chi connectivity index (χ2n) is 6.19. The number of oxazole rings is 1. The van der Waals surface area contributed by atoms with Crippen molar-refractivity contribution in [2.75, 3.05) is 26.2 Å². The molecule has 0 amide bonds. The van der Waals surface area contributed by atoms with Crippen LogP contribution in [0.4, 0.5) is 4.39 Å². The zero-order valence-electron chi connectivity index (χ0n) is 14.0. The molecule has 2 aromatic carbocycles. The number of halogens is 1. The zero-order valence-corrected chi connectivity index (χ0v) is 14.8. The molecule has 1 aliphatic rings. The largest absolute Gasteiger partial charge is 0.439 e. The molecule has 1 aliphatic heterocycles. The maximum absolute atomic E-state index is 13.9. The number of sulfonamides is 1. The van der Waals surface area contributed by atoms with Crippen molar-refractivity contribution in [2.24, 2.45) is 0 Å². The molecule has 136 valence electrons. The van der Waals surface area contributed by atoms with E-state index in [4.69, 9.17) is 4.42 Å². The number of aromatic nitrogens is 1. The van der Waals surface area contributed by atoms with Gasteiger partial charge in [-0.05, 0) is 24.3 Å². The third-order valence-electron chi connectivity index (χ3n) is 4.48. The third-order valence-corrected chi connectivity index (χ3v) is 6.41. The van der Waals surface area contributed by atoms with E-state index in [0.29, 0.717) is 38.6 Å². The Bertz CT molecular complexity index is 994. The molecule has 0 N–H and O–H groups in total. The Kier molecular flexibility index (Phi) is 4.47. The number of rotatable bonds is 4. The SMILES string of the molecule is O=S(=O)(c1ccccc1F)N1CCN(Cc2nc3ccccc3o2)CC1. The molecule has 8 heteroatoms. The Balaban J connectivity index is 1.43. The number of hydrogen-bond donors (Lipinski definition) is 0. The van der Waals surface area contributed by atoms with Crippen molar-refractivity contribution in [1.82, 2.24) is 14.2 Å². The molecule has 0 atom stereocenters. The maximum atomic E-state index is 13.9. The van der Waals surface area contributed by atoms with Gasteiger partial charge in [-0.3, -0.25) is 4.90 Å². The van der Waals surface area contributed by atoms with E-state index in [2.05, 4.69) is 9.88 Å². The van der Waals surface area contributed by atoms with Gasteiger partial charge in [0.1, 0.15) is 16.2 Å². The lowest BCUT2D eigenvalue weighted by Crippen LogP contribution is -2.48. The van der Waals surface area contributed by atoms with E-state index in [1.165, 1.54) is 22.5 Å². The van der Waals surface area contributed by atoms with Gasteiger partial charge in [-0.25, -0.2) is 17.8 Å². The van der Waals surface area contributed by atoms with Gasteiger partial charge in [0.25, 0.3) is 0 Å². The average Bonchev–Trinajstić information content (AvgIpc) is 3.04. The minimum absolute atomic E-state index is 0.271. The summed E-state index contributed by atoms with van der Waals surface area (Å²) in [5.74, 6) is -0.113. The van der Waals surface area contributed by atoms with Crippen LogP contribution in [0.2, 0.25) is 0 Å². The van der Waals surface area contributed by atoms with Gasteiger partial charge in [0.05, 0.1) is 6.54 Å². The molecule has 0 radical (unpaired) electrons. The van der Waals surface area contributed by atoms with Crippen LogP contribution in [0.3, 0.4) is 0 Å². The van der Waals surface area contributed by atoms with Crippen molar-refractivity contribution < 1.29 is 17.2 Å². The van der Waals surface area contributed by atoms with E-state index in [1.54, 1.807) is 0 Å². The Hall–Kier alpha value is -2.29. The zero-order chi connectivity index (χ0) is 18.1. The summed E-state index contributed by atoms with van der Waals surface area (Å²) in [6.07, 6.45) is 0. The molecular formula is C18H18FN3O3S. The molecule has 1 saturated heterocycles. The molecule has 26 heavy (non-hydrogen) atoms. The van der Waals surface area contributed by atoms with E-state index in [-0.39, 0.29) is 4.90 Å². The van der Waals surface area contributed by atoms with Crippen LogP contribution >= 0.6 is 0 Å². The van der Waals surface area contributed by atoms with Gasteiger partial charge in [0, 0.05) is 26.2 Å². The van der Waals surface area contributed by atoms with E-state index < -0.39 is 15.8 Å². The highest BCUT2D eigenvalue weighted by Crippen LogP contribution is 2.21. The van der Waals surface area contributed by atoms with Gasteiger partial charge in [0.15, 0.2) is 5.58 Å². The van der Waals surface area contributed by atoms with E-state index in [1.807, 2.05) is 24.3 Å².